The largest absolute Gasteiger partial charge is 1.00 e. The number of pyridine rings is 1. The van der Waals surface area contributed by atoms with Crippen molar-refractivity contribution in [3.8, 4) is 11.5 Å². The van der Waals surface area contributed by atoms with Crippen LogP contribution in [0.25, 0.3) is 22.9 Å². The third-order valence-corrected chi connectivity index (χ3v) is 3.91. The monoisotopic (exact) mass is 433 g/mol. The Morgan fingerprint density at radius 2 is 1.62 bits per heavy atom. The third kappa shape index (κ3) is 3.87. The van der Waals surface area contributed by atoms with E-state index in [2.05, 4.69) is 54.2 Å². The van der Waals surface area contributed by atoms with Gasteiger partial charge in [-0.2, -0.15) is 0 Å². The summed E-state index contributed by atoms with van der Waals surface area (Å²) in [6.07, 6.45) is 6.27. The molecule has 0 saturated carbocycles. The number of fused-ring (bicyclic) bond motifs is 1. The summed E-state index contributed by atoms with van der Waals surface area (Å²) in [7, 11) is 5.39. The zero-order valence-electron chi connectivity index (χ0n) is 14.0. The van der Waals surface area contributed by atoms with Crippen molar-refractivity contribution in [1.82, 2.24) is 0 Å². The van der Waals surface area contributed by atoms with Crippen LogP contribution in [0, 0.1) is 0 Å². The van der Waals surface area contributed by atoms with Gasteiger partial charge in [0.05, 0.1) is 14.2 Å². The quantitative estimate of drug-likeness (QED) is 0.450. The van der Waals surface area contributed by atoms with Gasteiger partial charge in [-0.05, 0) is 35.7 Å². The number of ether oxygens (including phenoxy) is 2. The first-order valence-corrected chi connectivity index (χ1v) is 7.50. The van der Waals surface area contributed by atoms with E-state index < -0.39 is 0 Å². The van der Waals surface area contributed by atoms with Gasteiger partial charge in [-0.1, -0.05) is 18.2 Å². The van der Waals surface area contributed by atoms with Crippen LogP contribution in [0.3, 0.4) is 0 Å². The summed E-state index contributed by atoms with van der Waals surface area (Å²) in [5.74, 6) is 1.64. The molecule has 0 aliphatic rings. The lowest BCUT2D eigenvalue weighted by molar-refractivity contribution is -0.671. The summed E-state index contributed by atoms with van der Waals surface area (Å²) < 4.78 is 12.8. The van der Waals surface area contributed by atoms with Crippen LogP contribution in [0.4, 0.5) is 0 Å². The van der Waals surface area contributed by atoms with Crippen molar-refractivity contribution in [2.45, 2.75) is 0 Å². The number of hydrogen-bond donors (Lipinski definition) is 0. The lowest BCUT2D eigenvalue weighted by Crippen LogP contribution is -3.00. The van der Waals surface area contributed by atoms with Crippen molar-refractivity contribution in [2.24, 2.45) is 7.05 Å². The SMILES string of the molecule is COc1ccc(OC)c(/C=C/c2cc3ccccc3c[n+]2C)c1.[I-]. The van der Waals surface area contributed by atoms with Crippen molar-refractivity contribution in [1.29, 1.82) is 0 Å². The summed E-state index contributed by atoms with van der Waals surface area (Å²) in [6, 6.07) is 16.3. The molecule has 0 radical (unpaired) electrons. The average molecular weight is 433 g/mol. The molecule has 0 bridgehead atoms. The minimum atomic E-state index is 0. The second-order valence-corrected chi connectivity index (χ2v) is 5.38. The number of aromatic nitrogens is 1. The van der Waals surface area contributed by atoms with Crippen LogP contribution in [0.5, 0.6) is 11.5 Å². The summed E-state index contributed by atoms with van der Waals surface area (Å²) >= 11 is 0. The Labute approximate surface area is 159 Å². The molecule has 3 aromatic rings. The number of benzene rings is 2. The predicted molar refractivity (Wildman–Crippen MR) is 93.6 cm³/mol. The second kappa shape index (κ2) is 8.15. The van der Waals surface area contributed by atoms with E-state index in [9.17, 15) is 0 Å². The zero-order chi connectivity index (χ0) is 16.2. The predicted octanol–water partition coefficient (Wildman–Crippen LogP) is 0.856. The van der Waals surface area contributed by atoms with Crippen LogP contribution < -0.4 is 38.0 Å². The fraction of sp³-hybridized carbons (Fsp3) is 0.150. The molecule has 0 N–H and O–H groups in total. The first-order valence-electron chi connectivity index (χ1n) is 7.50. The molecule has 124 valence electrons. The lowest BCUT2D eigenvalue weighted by Gasteiger charge is -2.07. The van der Waals surface area contributed by atoms with Gasteiger partial charge in [0.25, 0.3) is 0 Å². The molecule has 0 saturated heterocycles. The van der Waals surface area contributed by atoms with Gasteiger partial charge in [0.2, 0.25) is 5.69 Å². The Morgan fingerprint density at radius 3 is 2.33 bits per heavy atom. The Balaban J connectivity index is 0.00000208. The van der Waals surface area contributed by atoms with Crippen LogP contribution in [0.15, 0.2) is 54.7 Å². The van der Waals surface area contributed by atoms with Gasteiger partial charge in [-0.15, -0.1) is 0 Å². The fourth-order valence-corrected chi connectivity index (χ4v) is 2.61. The van der Waals surface area contributed by atoms with Gasteiger partial charge in [-0.25, -0.2) is 4.57 Å². The smallest absolute Gasteiger partial charge is 0.205 e. The maximum atomic E-state index is 5.42. The third-order valence-electron chi connectivity index (χ3n) is 3.91. The maximum Gasteiger partial charge on any atom is 0.205 e. The normalized spacial score (nSPS) is 10.6. The van der Waals surface area contributed by atoms with Gasteiger partial charge in [-0.3, -0.25) is 0 Å². The highest BCUT2D eigenvalue weighted by Gasteiger charge is 2.07. The molecule has 0 atom stereocenters. The molecule has 0 amide bonds. The van der Waals surface area contributed by atoms with Gasteiger partial charge in [0.1, 0.15) is 18.5 Å². The van der Waals surface area contributed by atoms with E-state index >= 15 is 0 Å². The Morgan fingerprint density at radius 1 is 0.875 bits per heavy atom. The number of methoxy groups -OCH3 is 2. The molecule has 0 fully saturated rings. The Kier molecular flexibility index (Phi) is 6.20. The number of hydrogen-bond acceptors (Lipinski definition) is 2. The van der Waals surface area contributed by atoms with Crippen molar-refractivity contribution in [3.63, 3.8) is 0 Å². The molecule has 2 aromatic carbocycles. The molecule has 0 unspecified atom stereocenters. The summed E-state index contributed by atoms with van der Waals surface area (Å²) in [6.45, 7) is 0. The second-order valence-electron chi connectivity index (χ2n) is 5.38. The van der Waals surface area contributed by atoms with Crippen molar-refractivity contribution in [3.05, 3.63) is 66.0 Å². The first-order chi connectivity index (χ1) is 11.2. The molecule has 0 aliphatic heterocycles. The van der Waals surface area contributed by atoms with Crippen LogP contribution in [0.2, 0.25) is 0 Å². The van der Waals surface area contributed by atoms with Crippen LogP contribution in [-0.4, -0.2) is 14.2 Å². The molecule has 0 spiro atoms. The van der Waals surface area contributed by atoms with Gasteiger partial charge < -0.3 is 33.5 Å². The molecular formula is C20H20INO2. The fourth-order valence-electron chi connectivity index (χ4n) is 2.61. The van der Waals surface area contributed by atoms with Crippen LogP contribution in [-0.2, 0) is 7.05 Å². The summed E-state index contributed by atoms with van der Waals surface area (Å²) in [4.78, 5) is 0. The number of nitrogens with zero attached hydrogens (tertiary/aromatic N) is 1. The van der Waals surface area contributed by atoms with Gasteiger partial charge >= 0.3 is 0 Å². The number of halogens is 1. The highest BCUT2D eigenvalue weighted by molar-refractivity contribution is 5.83. The minimum absolute atomic E-state index is 0. The van der Waals surface area contributed by atoms with E-state index in [4.69, 9.17) is 9.47 Å². The van der Waals surface area contributed by atoms with E-state index in [-0.39, 0.29) is 24.0 Å². The Hall–Kier alpha value is -2.08. The minimum Gasteiger partial charge on any atom is -1.00 e. The topological polar surface area (TPSA) is 22.3 Å². The molecular weight excluding hydrogens is 413 g/mol. The van der Waals surface area contributed by atoms with Crippen LogP contribution >= 0.6 is 0 Å². The molecule has 0 aliphatic carbocycles. The molecule has 3 nitrogen and oxygen atoms in total. The molecule has 1 heterocycles. The standard InChI is InChI=1S/C20H20NO2.HI/c1-21-14-17-7-5-4-6-15(17)12-18(21)9-8-16-13-19(22-2)10-11-20(16)23-3;/h4-14H,1-3H3;1H/q+1;/p-1/b9-8+;. The molecule has 4 heteroatoms. The lowest BCUT2D eigenvalue weighted by atomic mass is 10.1. The highest BCUT2D eigenvalue weighted by atomic mass is 127. The molecule has 3 rings (SSSR count). The molecule has 1 aromatic heterocycles. The first kappa shape index (κ1) is 18.3. The van der Waals surface area contributed by atoms with Gasteiger partial charge in [0.15, 0.2) is 6.20 Å². The number of aryl methyl sites for hydroxylation is 1. The maximum absolute atomic E-state index is 5.42. The van der Waals surface area contributed by atoms with Gasteiger partial charge in [0, 0.05) is 23.1 Å². The van der Waals surface area contributed by atoms with Crippen molar-refractivity contribution >= 4 is 22.9 Å². The van der Waals surface area contributed by atoms with E-state index in [0.29, 0.717) is 0 Å². The van der Waals surface area contributed by atoms with Crippen molar-refractivity contribution < 1.29 is 38.0 Å². The van der Waals surface area contributed by atoms with Crippen molar-refractivity contribution in [2.75, 3.05) is 14.2 Å². The van der Waals surface area contributed by atoms with E-state index in [1.807, 2.05) is 24.3 Å². The highest BCUT2D eigenvalue weighted by Crippen LogP contribution is 2.25. The van der Waals surface area contributed by atoms with Crippen LogP contribution in [0.1, 0.15) is 11.3 Å². The summed E-state index contributed by atoms with van der Waals surface area (Å²) in [5.41, 5.74) is 2.11. The Bertz CT molecular complexity index is 875. The van der Waals surface area contributed by atoms with E-state index in [1.165, 1.54) is 10.8 Å². The summed E-state index contributed by atoms with van der Waals surface area (Å²) in [5, 5.41) is 2.45. The van der Waals surface area contributed by atoms with E-state index in [1.54, 1.807) is 14.2 Å². The van der Waals surface area contributed by atoms with E-state index in [0.717, 1.165) is 22.8 Å². The molecule has 24 heavy (non-hydrogen) atoms. The average Bonchev–Trinajstić information content (AvgIpc) is 2.59. The zero-order valence-corrected chi connectivity index (χ0v) is 16.2. The number of rotatable bonds is 4.